The van der Waals surface area contributed by atoms with Crippen LogP contribution in [0.5, 0.6) is 0 Å². The summed E-state index contributed by atoms with van der Waals surface area (Å²) in [5.41, 5.74) is 2.43. The summed E-state index contributed by atoms with van der Waals surface area (Å²) in [5.74, 6) is -1.54. The van der Waals surface area contributed by atoms with Gasteiger partial charge in [-0.1, -0.05) is 72.8 Å². The van der Waals surface area contributed by atoms with Crippen molar-refractivity contribution in [1.29, 1.82) is 0 Å². The molecule has 0 aromatic heterocycles. The van der Waals surface area contributed by atoms with E-state index in [0.717, 1.165) is 18.4 Å². The van der Waals surface area contributed by atoms with Gasteiger partial charge in [0.1, 0.15) is 0 Å². The number of aryl methyl sites for hydroxylation is 1. The van der Waals surface area contributed by atoms with Gasteiger partial charge in [-0.15, -0.1) is 0 Å². The minimum absolute atomic E-state index is 0.0605. The Morgan fingerprint density at radius 3 is 2.06 bits per heavy atom. The predicted octanol–water partition coefficient (Wildman–Crippen LogP) is 3.65. The number of amides is 2. The Kier molecular flexibility index (Phi) is 9.31. The van der Waals surface area contributed by atoms with Crippen LogP contribution in [-0.4, -0.2) is 36.7 Å². The van der Waals surface area contributed by atoms with E-state index in [1.54, 1.807) is 72.8 Å². The molecule has 7 nitrogen and oxygen atoms in total. The third-order valence-corrected chi connectivity index (χ3v) is 5.32. The second-order valence-corrected chi connectivity index (χ2v) is 8.00. The minimum Gasteiger partial charge on any atom is -0.455 e. The monoisotopic (exact) mass is 472 g/mol. The normalized spacial score (nSPS) is 11.2. The van der Waals surface area contributed by atoms with Crippen molar-refractivity contribution < 1.29 is 23.9 Å². The zero-order valence-corrected chi connectivity index (χ0v) is 19.5. The molecule has 3 aromatic carbocycles. The van der Waals surface area contributed by atoms with Crippen LogP contribution in [-0.2, 0) is 20.7 Å². The Bertz CT molecular complexity index is 1140. The summed E-state index contributed by atoms with van der Waals surface area (Å²) in [6, 6.07) is 23.3. The third kappa shape index (κ3) is 7.92. The van der Waals surface area contributed by atoms with Crippen molar-refractivity contribution in [2.75, 3.05) is 13.2 Å². The number of esters is 1. The molecule has 1 unspecified atom stereocenters. The van der Waals surface area contributed by atoms with Crippen molar-refractivity contribution in [1.82, 2.24) is 10.6 Å². The molecule has 0 aliphatic rings. The standard InChI is InChI=1S/C28H28N2O5/c1-20(31)29-18-8-9-21-14-16-22(17-15-21)25(32)19-35-28(34)26(23-10-4-2-5-11-23)30-27(33)24-12-6-3-7-13-24/h2-7,10-17,26H,8-9,18-19H2,1H3,(H,29,31)(H,30,33). The Morgan fingerprint density at radius 2 is 1.43 bits per heavy atom. The van der Waals surface area contributed by atoms with Gasteiger partial charge < -0.3 is 15.4 Å². The molecule has 0 saturated heterocycles. The van der Waals surface area contributed by atoms with Crippen molar-refractivity contribution in [3.63, 3.8) is 0 Å². The second-order valence-electron chi connectivity index (χ2n) is 8.00. The molecule has 3 rings (SSSR count). The summed E-state index contributed by atoms with van der Waals surface area (Å²) >= 11 is 0. The summed E-state index contributed by atoms with van der Waals surface area (Å²) in [7, 11) is 0. The third-order valence-electron chi connectivity index (χ3n) is 5.32. The molecule has 0 spiro atoms. The van der Waals surface area contributed by atoms with Crippen LogP contribution in [0.2, 0.25) is 0 Å². The fourth-order valence-electron chi connectivity index (χ4n) is 3.45. The first-order valence-electron chi connectivity index (χ1n) is 11.4. The predicted molar refractivity (Wildman–Crippen MR) is 132 cm³/mol. The van der Waals surface area contributed by atoms with E-state index in [4.69, 9.17) is 4.74 Å². The molecule has 1 atom stereocenters. The number of carbonyl (C=O) groups excluding carboxylic acids is 4. The van der Waals surface area contributed by atoms with E-state index >= 15 is 0 Å². The van der Waals surface area contributed by atoms with Gasteiger partial charge >= 0.3 is 5.97 Å². The molecule has 0 aliphatic carbocycles. The van der Waals surface area contributed by atoms with E-state index in [1.807, 2.05) is 12.1 Å². The highest BCUT2D eigenvalue weighted by Gasteiger charge is 2.25. The smallest absolute Gasteiger partial charge is 0.333 e. The van der Waals surface area contributed by atoms with Crippen molar-refractivity contribution in [2.45, 2.75) is 25.8 Å². The largest absolute Gasteiger partial charge is 0.455 e. The topological polar surface area (TPSA) is 102 Å². The fourth-order valence-corrected chi connectivity index (χ4v) is 3.45. The molecule has 2 N–H and O–H groups in total. The maximum absolute atomic E-state index is 12.9. The van der Waals surface area contributed by atoms with Crippen molar-refractivity contribution >= 4 is 23.6 Å². The number of ketones is 1. The SMILES string of the molecule is CC(=O)NCCCc1ccc(C(=O)COC(=O)C(NC(=O)c2ccccc2)c2ccccc2)cc1. The molecule has 35 heavy (non-hydrogen) atoms. The first kappa shape index (κ1) is 25.4. The highest BCUT2D eigenvalue weighted by atomic mass is 16.5. The highest BCUT2D eigenvalue weighted by molar-refractivity contribution is 5.99. The molecule has 2 amide bonds. The number of ether oxygens (including phenoxy) is 1. The first-order valence-corrected chi connectivity index (χ1v) is 11.4. The van der Waals surface area contributed by atoms with Crippen molar-refractivity contribution in [3.05, 3.63) is 107 Å². The van der Waals surface area contributed by atoms with Gasteiger partial charge in [-0.2, -0.15) is 0 Å². The summed E-state index contributed by atoms with van der Waals surface area (Å²) in [4.78, 5) is 49.0. The molecule has 3 aromatic rings. The lowest BCUT2D eigenvalue weighted by Gasteiger charge is -2.18. The number of rotatable bonds is 11. The Balaban J connectivity index is 1.59. The van der Waals surface area contributed by atoms with E-state index < -0.39 is 24.5 Å². The molecule has 0 fully saturated rings. The van der Waals surface area contributed by atoms with Crippen molar-refractivity contribution in [3.8, 4) is 0 Å². The van der Waals surface area contributed by atoms with Crippen LogP contribution >= 0.6 is 0 Å². The quantitative estimate of drug-likeness (QED) is 0.252. The van der Waals surface area contributed by atoms with E-state index in [1.165, 1.54) is 6.92 Å². The lowest BCUT2D eigenvalue weighted by Crippen LogP contribution is -2.35. The Labute approximate surface area is 204 Å². The summed E-state index contributed by atoms with van der Waals surface area (Å²) in [6.45, 7) is 1.63. The minimum atomic E-state index is -1.05. The first-order chi connectivity index (χ1) is 16.9. The lowest BCUT2D eigenvalue weighted by molar-refractivity contribution is -0.145. The van der Waals surface area contributed by atoms with E-state index in [0.29, 0.717) is 23.2 Å². The number of Topliss-reactive ketones (excluding diaryl/α,β-unsaturated/α-hetero) is 1. The van der Waals surface area contributed by atoms with Gasteiger partial charge in [0.25, 0.3) is 5.91 Å². The number of benzene rings is 3. The van der Waals surface area contributed by atoms with Crippen LogP contribution in [0.15, 0.2) is 84.9 Å². The second kappa shape index (κ2) is 12.8. The van der Waals surface area contributed by atoms with E-state index in [-0.39, 0.29) is 11.7 Å². The average molecular weight is 473 g/mol. The number of carbonyl (C=O) groups is 4. The molecule has 7 heteroatoms. The van der Waals surface area contributed by atoms with Gasteiger partial charge in [0.2, 0.25) is 5.91 Å². The Hall–Kier alpha value is -4.26. The fraction of sp³-hybridized carbons (Fsp3) is 0.214. The van der Waals surface area contributed by atoms with Crippen LogP contribution in [0.25, 0.3) is 0 Å². The maximum Gasteiger partial charge on any atom is 0.333 e. The zero-order valence-electron chi connectivity index (χ0n) is 19.5. The van der Waals surface area contributed by atoms with E-state index in [9.17, 15) is 19.2 Å². The van der Waals surface area contributed by atoms with Gasteiger partial charge in [0.05, 0.1) is 0 Å². The highest BCUT2D eigenvalue weighted by Crippen LogP contribution is 2.16. The van der Waals surface area contributed by atoms with Gasteiger partial charge in [-0.25, -0.2) is 4.79 Å². The van der Waals surface area contributed by atoms with Crippen LogP contribution in [0.4, 0.5) is 0 Å². The Morgan fingerprint density at radius 1 is 0.800 bits per heavy atom. The zero-order chi connectivity index (χ0) is 25.0. The number of nitrogens with one attached hydrogen (secondary N) is 2. The lowest BCUT2D eigenvalue weighted by atomic mass is 10.0. The molecule has 0 saturated carbocycles. The van der Waals surface area contributed by atoms with Gasteiger partial charge in [-0.3, -0.25) is 14.4 Å². The molecule has 0 bridgehead atoms. The number of hydrogen-bond acceptors (Lipinski definition) is 5. The maximum atomic E-state index is 12.9. The molecule has 0 aliphatic heterocycles. The van der Waals surface area contributed by atoms with Gasteiger partial charge in [-0.05, 0) is 36.1 Å². The molecular weight excluding hydrogens is 444 g/mol. The summed E-state index contributed by atoms with van der Waals surface area (Å²) in [6.07, 6.45) is 1.56. The molecular formula is C28H28N2O5. The van der Waals surface area contributed by atoms with E-state index in [2.05, 4.69) is 10.6 Å². The average Bonchev–Trinajstić information content (AvgIpc) is 2.89. The van der Waals surface area contributed by atoms with Crippen LogP contribution in [0.3, 0.4) is 0 Å². The summed E-state index contributed by atoms with van der Waals surface area (Å²) < 4.78 is 5.30. The summed E-state index contributed by atoms with van der Waals surface area (Å²) in [5, 5.41) is 5.45. The van der Waals surface area contributed by atoms with Crippen molar-refractivity contribution in [2.24, 2.45) is 0 Å². The van der Waals surface area contributed by atoms with Gasteiger partial charge in [0.15, 0.2) is 18.4 Å². The van der Waals surface area contributed by atoms with Crippen LogP contribution in [0, 0.1) is 0 Å². The molecule has 180 valence electrons. The van der Waals surface area contributed by atoms with Crippen LogP contribution < -0.4 is 10.6 Å². The van der Waals surface area contributed by atoms with Crippen LogP contribution in [0.1, 0.15) is 51.2 Å². The molecule has 0 radical (unpaired) electrons. The number of hydrogen-bond donors (Lipinski definition) is 2. The van der Waals surface area contributed by atoms with Gasteiger partial charge in [0, 0.05) is 24.6 Å². The molecule has 0 heterocycles.